The summed E-state index contributed by atoms with van der Waals surface area (Å²) in [5.41, 5.74) is 7.14. The number of nitrogens with two attached hydrogens (primary N) is 1. The van der Waals surface area contributed by atoms with Gasteiger partial charge in [0.2, 0.25) is 0 Å². The van der Waals surface area contributed by atoms with Crippen molar-refractivity contribution in [2.24, 2.45) is 5.73 Å². The molecule has 0 aromatic heterocycles. The molecule has 1 aliphatic heterocycles. The van der Waals surface area contributed by atoms with E-state index in [0.717, 1.165) is 30.4 Å². The van der Waals surface area contributed by atoms with Crippen molar-refractivity contribution in [2.75, 3.05) is 18.0 Å². The average molecular weight is 448 g/mol. The van der Waals surface area contributed by atoms with Crippen molar-refractivity contribution in [1.82, 2.24) is 4.90 Å². The van der Waals surface area contributed by atoms with Crippen molar-refractivity contribution >= 4 is 40.8 Å². The maximum Gasteiger partial charge on any atom is 0.332 e. The van der Waals surface area contributed by atoms with Gasteiger partial charge in [-0.2, -0.15) is 0 Å². The monoisotopic (exact) mass is 447 g/mol. The highest BCUT2D eigenvalue weighted by Crippen LogP contribution is 2.37. The van der Waals surface area contributed by atoms with Crippen LogP contribution in [0.15, 0.2) is 42.5 Å². The number of amides is 3. The Kier molecular flexibility index (Phi) is 7.06. The van der Waals surface area contributed by atoms with Crippen molar-refractivity contribution in [3.05, 3.63) is 63.6 Å². The van der Waals surface area contributed by atoms with Crippen molar-refractivity contribution in [3.63, 3.8) is 0 Å². The first-order chi connectivity index (χ1) is 14.3. The Hall–Kier alpha value is -2.08. The Bertz CT molecular complexity index is 912. The lowest BCUT2D eigenvalue weighted by atomic mass is 9.90. The summed E-state index contributed by atoms with van der Waals surface area (Å²) in [5, 5.41) is 0.750. The van der Waals surface area contributed by atoms with Crippen LogP contribution in [0.3, 0.4) is 0 Å². The number of nitrogens with zero attached hydrogens (tertiary/aromatic N) is 2. The molecule has 1 atom stereocenters. The Morgan fingerprint density at radius 3 is 2.20 bits per heavy atom. The van der Waals surface area contributed by atoms with E-state index in [4.69, 9.17) is 28.9 Å². The van der Waals surface area contributed by atoms with Gasteiger partial charge in [-0.05, 0) is 57.0 Å². The summed E-state index contributed by atoms with van der Waals surface area (Å²) in [7, 11) is 0. The van der Waals surface area contributed by atoms with Gasteiger partial charge < -0.3 is 10.6 Å². The van der Waals surface area contributed by atoms with Crippen LogP contribution in [0, 0.1) is 6.92 Å². The molecular formula is C23H27Cl2N3O2. The molecule has 2 aromatic rings. The lowest BCUT2D eigenvalue weighted by molar-refractivity contribution is -0.124. The van der Waals surface area contributed by atoms with E-state index in [1.54, 1.807) is 23.1 Å². The fraction of sp³-hybridized carbons (Fsp3) is 0.391. The van der Waals surface area contributed by atoms with E-state index in [0.29, 0.717) is 35.2 Å². The standard InChI is InChI=1S/C23H27Cl2N3O2/c1-16-6-8-17(9-7-16)15-23(2)21(29)28(20-13-18(24)12-19(25)14-20)22(30)27(23)11-5-3-4-10-26/h6-9,12-14H,3-5,10-11,15,26H2,1-2H3/t23-/m1/s1. The minimum atomic E-state index is -0.996. The molecule has 2 aromatic carbocycles. The second-order valence-electron chi connectivity index (χ2n) is 7.99. The molecule has 0 radical (unpaired) electrons. The van der Waals surface area contributed by atoms with E-state index >= 15 is 0 Å². The van der Waals surface area contributed by atoms with Crippen molar-refractivity contribution < 1.29 is 9.59 Å². The topological polar surface area (TPSA) is 66.6 Å². The largest absolute Gasteiger partial charge is 0.332 e. The van der Waals surface area contributed by atoms with Crippen LogP contribution in [0.1, 0.15) is 37.3 Å². The number of aryl methyl sites for hydroxylation is 1. The van der Waals surface area contributed by atoms with Crippen LogP contribution >= 0.6 is 23.2 Å². The molecule has 0 saturated carbocycles. The lowest BCUT2D eigenvalue weighted by Crippen LogP contribution is -2.49. The van der Waals surface area contributed by atoms with E-state index in [2.05, 4.69) is 0 Å². The summed E-state index contributed by atoms with van der Waals surface area (Å²) in [6.07, 6.45) is 3.00. The van der Waals surface area contributed by atoms with Crippen molar-refractivity contribution in [2.45, 2.75) is 45.1 Å². The third-order valence-electron chi connectivity index (χ3n) is 5.54. The molecule has 30 heavy (non-hydrogen) atoms. The van der Waals surface area contributed by atoms with Gasteiger partial charge in [0.25, 0.3) is 5.91 Å². The number of halogens is 2. The number of anilines is 1. The van der Waals surface area contributed by atoms with Gasteiger partial charge in [-0.1, -0.05) is 59.5 Å². The van der Waals surface area contributed by atoms with Crippen molar-refractivity contribution in [1.29, 1.82) is 0 Å². The normalized spacial score (nSPS) is 19.1. The third-order valence-corrected chi connectivity index (χ3v) is 5.98. The summed E-state index contributed by atoms with van der Waals surface area (Å²) in [6.45, 7) is 4.95. The molecule has 0 aliphatic carbocycles. The number of carbonyl (C=O) groups excluding carboxylic acids is 2. The van der Waals surface area contributed by atoms with Gasteiger partial charge in [0.15, 0.2) is 0 Å². The molecule has 1 fully saturated rings. The van der Waals surface area contributed by atoms with Crippen LogP contribution in [0.4, 0.5) is 10.5 Å². The SMILES string of the molecule is Cc1ccc(C[C@]2(C)C(=O)N(c3cc(Cl)cc(Cl)c3)C(=O)N2CCCCCN)cc1. The molecular weight excluding hydrogens is 421 g/mol. The molecule has 3 rings (SSSR count). The zero-order valence-corrected chi connectivity index (χ0v) is 18.8. The summed E-state index contributed by atoms with van der Waals surface area (Å²) < 4.78 is 0. The van der Waals surface area contributed by atoms with E-state index in [-0.39, 0.29) is 11.9 Å². The molecule has 7 heteroatoms. The molecule has 3 amide bonds. The van der Waals surface area contributed by atoms with Gasteiger partial charge in [-0.3, -0.25) is 4.79 Å². The van der Waals surface area contributed by atoms with E-state index in [1.165, 1.54) is 4.90 Å². The van der Waals surface area contributed by atoms with Crippen LogP contribution in [0.2, 0.25) is 10.0 Å². The number of unbranched alkanes of at least 4 members (excludes halogenated alkanes) is 2. The van der Waals surface area contributed by atoms with Gasteiger partial charge in [-0.25, -0.2) is 9.69 Å². The summed E-state index contributed by atoms with van der Waals surface area (Å²) in [4.78, 5) is 29.9. The smallest absolute Gasteiger partial charge is 0.330 e. The zero-order chi connectivity index (χ0) is 21.9. The van der Waals surface area contributed by atoms with Crippen LogP contribution in [-0.4, -0.2) is 35.5 Å². The van der Waals surface area contributed by atoms with Gasteiger partial charge in [-0.15, -0.1) is 0 Å². The van der Waals surface area contributed by atoms with Crippen LogP contribution in [-0.2, 0) is 11.2 Å². The average Bonchev–Trinajstić information content (AvgIpc) is 2.86. The maximum atomic E-state index is 13.6. The van der Waals surface area contributed by atoms with E-state index in [9.17, 15) is 9.59 Å². The van der Waals surface area contributed by atoms with Gasteiger partial charge in [0.05, 0.1) is 5.69 Å². The van der Waals surface area contributed by atoms with Gasteiger partial charge in [0, 0.05) is 23.0 Å². The van der Waals surface area contributed by atoms with Crippen LogP contribution in [0.25, 0.3) is 0 Å². The molecule has 1 saturated heterocycles. The Balaban J connectivity index is 1.96. The number of carbonyl (C=O) groups is 2. The van der Waals surface area contributed by atoms with Crippen molar-refractivity contribution in [3.8, 4) is 0 Å². The Morgan fingerprint density at radius 1 is 0.967 bits per heavy atom. The predicted octanol–water partition coefficient (Wildman–Crippen LogP) is 5.20. The maximum absolute atomic E-state index is 13.6. The highest BCUT2D eigenvalue weighted by atomic mass is 35.5. The molecule has 1 heterocycles. The molecule has 1 aliphatic rings. The van der Waals surface area contributed by atoms with Gasteiger partial charge >= 0.3 is 6.03 Å². The molecule has 2 N–H and O–H groups in total. The van der Waals surface area contributed by atoms with Crippen LogP contribution < -0.4 is 10.6 Å². The third kappa shape index (κ3) is 4.64. The number of urea groups is 1. The summed E-state index contributed by atoms with van der Waals surface area (Å²) in [6, 6.07) is 12.4. The molecule has 160 valence electrons. The minimum Gasteiger partial charge on any atom is -0.330 e. The summed E-state index contributed by atoms with van der Waals surface area (Å²) in [5.74, 6) is -0.273. The Morgan fingerprint density at radius 2 is 1.60 bits per heavy atom. The van der Waals surface area contributed by atoms with Crippen LogP contribution in [0.5, 0.6) is 0 Å². The quantitative estimate of drug-likeness (QED) is 0.446. The zero-order valence-electron chi connectivity index (χ0n) is 17.3. The molecule has 0 unspecified atom stereocenters. The molecule has 0 spiro atoms. The summed E-state index contributed by atoms with van der Waals surface area (Å²) >= 11 is 12.3. The highest BCUT2D eigenvalue weighted by molar-refractivity contribution is 6.35. The first-order valence-corrected chi connectivity index (χ1v) is 10.9. The number of hydrogen-bond donors (Lipinski definition) is 1. The Labute approximate surface area is 187 Å². The molecule has 0 bridgehead atoms. The van der Waals surface area contributed by atoms with Gasteiger partial charge in [0.1, 0.15) is 5.54 Å². The van der Waals surface area contributed by atoms with E-state index < -0.39 is 5.54 Å². The first kappa shape index (κ1) is 22.6. The predicted molar refractivity (Wildman–Crippen MR) is 122 cm³/mol. The fourth-order valence-corrected chi connectivity index (χ4v) is 4.39. The first-order valence-electron chi connectivity index (χ1n) is 10.1. The fourth-order valence-electron chi connectivity index (χ4n) is 3.88. The minimum absolute atomic E-state index is 0.273. The molecule has 5 nitrogen and oxygen atoms in total. The second-order valence-corrected chi connectivity index (χ2v) is 8.86. The second kappa shape index (κ2) is 9.38. The van der Waals surface area contributed by atoms with E-state index in [1.807, 2.05) is 38.1 Å². The number of rotatable bonds is 8. The lowest BCUT2D eigenvalue weighted by Gasteiger charge is -2.32. The number of benzene rings is 2. The number of hydrogen-bond acceptors (Lipinski definition) is 3. The number of imide groups is 1. The highest BCUT2D eigenvalue weighted by Gasteiger charge is 2.54.